The lowest BCUT2D eigenvalue weighted by atomic mass is 9.81. The first-order valence-electron chi connectivity index (χ1n) is 12.1. The summed E-state index contributed by atoms with van der Waals surface area (Å²) < 4.78 is 0. The molecular weight excluding hydrogens is 422 g/mol. The topological polar surface area (TPSA) is 81.9 Å². The third-order valence-corrected chi connectivity index (χ3v) is 7.17. The molecule has 3 aromatic rings. The van der Waals surface area contributed by atoms with Gasteiger partial charge in [0, 0.05) is 42.8 Å². The molecule has 0 spiro atoms. The summed E-state index contributed by atoms with van der Waals surface area (Å²) in [7, 11) is 0. The fourth-order valence-corrected chi connectivity index (χ4v) is 5.30. The van der Waals surface area contributed by atoms with Crippen LogP contribution in [0.2, 0.25) is 0 Å². The van der Waals surface area contributed by atoms with Crippen LogP contribution in [0.4, 0.5) is 0 Å². The van der Waals surface area contributed by atoms with Crippen LogP contribution < -0.4 is 5.32 Å². The van der Waals surface area contributed by atoms with Gasteiger partial charge in [-0.3, -0.25) is 19.7 Å². The Morgan fingerprint density at radius 2 is 1.68 bits per heavy atom. The van der Waals surface area contributed by atoms with Crippen molar-refractivity contribution in [1.82, 2.24) is 20.2 Å². The van der Waals surface area contributed by atoms with Crippen LogP contribution in [0.3, 0.4) is 0 Å². The van der Waals surface area contributed by atoms with Crippen molar-refractivity contribution in [2.75, 3.05) is 6.54 Å². The Morgan fingerprint density at radius 1 is 0.971 bits per heavy atom. The normalized spacial score (nSPS) is 19.4. The summed E-state index contributed by atoms with van der Waals surface area (Å²) in [5.41, 5.74) is 3.77. The van der Waals surface area contributed by atoms with E-state index in [4.69, 9.17) is 0 Å². The van der Waals surface area contributed by atoms with Gasteiger partial charge in [-0.15, -0.1) is 0 Å². The van der Waals surface area contributed by atoms with Crippen LogP contribution in [0.25, 0.3) is 0 Å². The fourth-order valence-electron chi connectivity index (χ4n) is 5.30. The molecule has 172 valence electrons. The second kappa shape index (κ2) is 10.1. The molecule has 2 aromatic heterocycles. The summed E-state index contributed by atoms with van der Waals surface area (Å²) in [5.74, 6) is 0.0354. The van der Waals surface area contributed by atoms with E-state index in [1.54, 1.807) is 12.4 Å². The van der Waals surface area contributed by atoms with Gasteiger partial charge in [-0.25, -0.2) is 0 Å². The lowest BCUT2D eigenvalue weighted by Crippen LogP contribution is -2.50. The Hall–Kier alpha value is -3.56. The standard InChI is InChI=1S/C28H29N5O/c29-17-20-6-1-7-21(16-20)27(33-15-5-12-25(33)28(34)32-24-10-2-11-24)26(22-8-3-13-30-18-22)23-9-4-14-31-19-23/h1,3-4,6-9,13-14,16,18-19,24-27H,2,5,10-12,15H2,(H,32,34). The maximum Gasteiger partial charge on any atom is 0.237 e. The maximum atomic E-state index is 13.4. The lowest BCUT2D eigenvalue weighted by molar-refractivity contribution is -0.127. The molecule has 0 bridgehead atoms. The second-order valence-electron chi connectivity index (χ2n) is 9.26. The molecule has 1 amide bonds. The average Bonchev–Trinajstić information content (AvgIpc) is 3.35. The van der Waals surface area contributed by atoms with Gasteiger partial charge >= 0.3 is 0 Å². The zero-order chi connectivity index (χ0) is 23.3. The smallest absolute Gasteiger partial charge is 0.237 e. The molecule has 6 heteroatoms. The molecule has 2 fully saturated rings. The summed E-state index contributed by atoms with van der Waals surface area (Å²) in [6.45, 7) is 0.821. The zero-order valence-corrected chi connectivity index (χ0v) is 19.2. The molecule has 1 aliphatic carbocycles. The highest BCUT2D eigenvalue weighted by Crippen LogP contribution is 2.43. The largest absolute Gasteiger partial charge is 0.352 e. The number of pyridine rings is 2. The van der Waals surface area contributed by atoms with E-state index in [0.29, 0.717) is 11.6 Å². The van der Waals surface area contributed by atoms with Crippen molar-refractivity contribution in [3.05, 3.63) is 95.6 Å². The average molecular weight is 452 g/mol. The Morgan fingerprint density at radius 3 is 2.26 bits per heavy atom. The molecule has 6 nitrogen and oxygen atoms in total. The maximum absolute atomic E-state index is 13.4. The first-order valence-corrected chi connectivity index (χ1v) is 12.1. The van der Waals surface area contributed by atoms with E-state index >= 15 is 0 Å². The van der Waals surface area contributed by atoms with Crippen LogP contribution in [0.5, 0.6) is 0 Å². The van der Waals surface area contributed by atoms with Crippen molar-refractivity contribution in [2.24, 2.45) is 0 Å². The van der Waals surface area contributed by atoms with Crippen LogP contribution in [0.1, 0.15) is 66.3 Å². The van der Waals surface area contributed by atoms with Crippen molar-refractivity contribution < 1.29 is 4.79 Å². The molecule has 1 aromatic carbocycles. The molecule has 2 unspecified atom stereocenters. The minimum atomic E-state index is -0.202. The van der Waals surface area contributed by atoms with E-state index in [9.17, 15) is 10.1 Å². The number of carbonyl (C=O) groups is 1. The molecule has 5 rings (SSSR count). The van der Waals surface area contributed by atoms with Crippen molar-refractivity contribution in [1.29, 1.82) is 5.26 Å². The number of amides is 1. The van der Waals surface area contributed by atoms with Crippen LogP contribution in [0, 0.1) is 11.3 Å². The summed E-state index contributed by atoms with van der Waals surface area (Å²) in [4.78, 5) is 24.5. The highest BCUT2D eigenvalue weighted by atomic mass is 16.2. The van der Waals surface area contributed by atoms with Gasteiger partial charge in [-0.2, -0.15) is 5.26 Å². The Bertz CT molecular complexity index is 1120. The molecule has 1 saturated carbocycles. The number of benzene rings is 1. The van der Waals surface area contributed by atoms with Crippen LogP contribution in [0.15, 0.2) is 73.3 Å². The van der Waals surface area contributed by atoms with E-state index in [1.165, 1.54) is 6.42 Å². The van der Waals surface area contributed by atoms with Crippen molar-refractivity contribution in [2.45, 2.75) is 56.1 Å². The summed E-state index contributed by atoms with van der Waals surface area (Å²) in [6.07, 6.45) is 12.5. The Kier molecular flexibility index (Phi) is 6.64. The number of likely N-dealkylation sites (tertiary alicyclic amines) is 1. The van der Waals surface area contributed by atoms with Crippen LogP contribution in [-0.4, -0.2) is 39.4 Å². The second-order valence-corrected chi connectivity index (χ2v) is 9.26. The first-order chi connectivity index (χ1) is 16.7. The van der Waals surface area contributed by atoms with Crippen molar-refractivity contribution in [3.8, 4) is 6.07 Å². The molecule has 1 aliphatic heterocycles. The van der Waals surface area contributed by atoms with Gasteiger partial charge in [0.25, 0.3) is 0 Å². The van der Waals surface area contributed by atoms with E-state index in [0.717, 1.165) is 48.9 Å². The number of nitrogens with zero attached hydrogens (tertiary/aromatic N) is 4. The van der Waals surface area contributed by atoms with Gasteiger partial charge in [0.05, 0.1) is 17.7 Å². The summed E-state index contributed by atoms with van der Waals surface area (Å²) >= 11 is 0. The molecule has 1 N–H and O–H groups in total. The predicted molar refractivity (Wildman–Crippen MR) is 130 cm³/mol. The van der Waals surface area contributed by atoms with E-state index in [-0.39, 0.29) is 23.9 Å². The van der Waals surface area contributed by atoms with Gasteiger partial charge in [-0.05, 0) is 79.6 Å². The molecule has 1 saturated heterocycles. The van der Waals surface area contributed by atoms with Crippen molar-refractivity contribution >= 4 is 5.91 Å². The van der Waals surface area contributed by atoms with Gasteiger partial charge in [0.15, 0.2) is 0 Å². The first kappa shape index (κ1) is 22.2. The zero-order valence-electron chi connectivity index (χ0n) is 19.2. The van der Waals surface area contributed by atoms with Crippen LogP contribution >= 0.6 is 0 Å². The van der Waals surface area contributed by atoms with E-state index in [2.05, 4.69) is 44.5 Å². The Balaban J connectivity index is 1.61. The molecule has 0 radical (unpaired) electrons. The molecular formula is C28H29N5O. The molecule has 3 heterocycles. The number of carbonyl (C=O) groups excluding carboxylic acids is 1. The molecule has 34 heavy (non-hydrogen) atoms. The van der Waals surface area contributed by atoms with Crippen molar-refractivity contribution in [3.63, 3.8) is 0 Å². The Labute approximate surface area is 200 Å². The third kappa shape index (κ3) is 4.57. The number of aromatic nitrogens is 2. The van der Waals surface area contributed by atoms with Gasteiger partial charge < -0.3 is 5.32 Å². The highest BCUT2D eigenvalue weighted by Gasteiger charge is 2.41. The van der Waals surface area contributed by atoms with E-state index in [1.807, 2.05) is 42.7 Å². The van der Waals surface area contributed by atoms with Gasteiger partial charge in [0.2, 0.25) is 5.91 Å². The number of hydrogen-bond acceptors (Lipinski definition) is 5. The highest BCUT2D eigenvalue weighted by molar-refractivity contribution is 5.82. The fraction of sp³-hybridized carbons (Fsp3) is 0.357. The quantitative estimate of drug-likeness (QED) is 0.577. The van der Waals surface area contributed by atoms with Gasteiger partial charge in [-0.1, -0.05) is 24.3 Å². The molecule has 2 atom stereocenters. The third-order valence-electron chi connectivity index (χ3n) is 7.17. The number of nitriles is 1. The molecule has 2 aliphatic rings. The predicted octanol–water partition coefficient (Wildman–Crippen LogP) is 4.35. The minimum Gasteiger partial charge on any atom is -0.352 e. The number of rotatable bonds is 7. The monoisotopic (exact) mass is 451 g/mol. The van der Waals surface area contributed by atoms with Crippen LogP contribution in [-0.2, 0) is 4.79 Å². The lowest BCUT2D eigenvalue weighted by Gasteiger charge is -2.39. The SMILES string of the molecule is N#Cc1cccc(C(C(c2cccnc2)c2cccnc2)N2CCCC2C(=O)NC2CCC2)c1. The van der Waals surface area contributed by atoms with Gasteiger partial charge in [0.1, 0.15) is 0 Å². The van der Waals surface area contributed by atoms with E-state index < -0.39 is 0 Å². The summed E-state index contributed by atoms with van der Waals surface area (Å²) in [6, 6.07) is 18.1. The minimum absolute atomic E-state index is 0.0894. The summed E-state index contributed by atoms with van der Waals surface area (Å²) in [5, 5.41) is 12.9. The number of nitrogens with one attached hydrogen (secondary N) is 1. The number of hydrogen-bond donors (Lipinski definition) is 1.